The summed E-state index contributed by atoms with van der Waals surface area (Å²) in [6, 6.07) is 20.5. The van der Waals surface area contributed by atoms with Crippen LogP contribution in [-0.4, -0.2) is 73.0 Å². The van der Waals surface area contributed by atoms with Gasteiger partial charge in [0.15, 0.2) is 18.1 Å². The number of ether oxygens (including phenoxy) is 4. The smallest absolute Gasteiger partial charge is 0.341 e. The Hall–Kier alpha value is -4.88. The van der Waals surface area contributed by atoms with Gasteiger partial charge in [-0.15, -0.1) is 0 Å². The van der Waals surface area contributed by atoms with Gasteiger partial charge >= 0.3 is 11.9 Å². The average molecular weight is 692 g/mol. The average Bonchev–Trinajstić information content (AvgIpc) is 3.43. The molecule has 0 radical (unpaired) electrons. The van der Waals surface area contributed by atoms with Crippen molar-refractivity contribution in [3.05, 3.63) is 95.3 Å². The van der Waals surface area contributed by atoms with Crippen molar-refractivity contribution in [2.24, 2.45) is 0 Å². The molecule has 0 spiro atoms. The molecule has 1 aromatic heterocycles. The Balaban J connectivity index is 1.43. The fourth-order valence-electron chi connectivity index (χ4n) is 6.16. The molecule has 4 aromatic rings. The molecule has 0 unspecified atom stereocenters. The van der Waals surface area contributed by atoms with Crippen molar-refractivity contribution in [2.75, 3.05) is 27.4 Å². The number of benzene rings is 3. The third-order valence-electron chi connectivity index (χ3n) is 8.51. The number of methoxy groups -OCH3 is 2. The van der Waals surface area contributed by atoms with Gasteiger partial charge in [0.25, 0.3) is 0 Å². The van der Waals surface area contributed by atoms with Crippen molar-refractivity contribution in [2.45, 2.75) is 63.0 Å². The minimum Gasteiger partial charge on any atom is -0.493 e. The number of piperidine rings is 1. The number of aliphatic carboxylic acids is 1. The van der Waals surface area contributed by atoms with Gasteiger partial charge in [-0.05, 0) is 93.5 Å². The topological polar surface area (TPSA) is 146 Å². The summed E-state index contributed by atoms with van der Waals surface area (Å²) in [6.45, 7) is 2.99. The summed E-state index contributed by atoms with van der Waals surface area (Å²) in [5, 5.41) is 13.6. The number of carbonyl (C=O) groups excluding carboxylic acids is 1. The minimum absolute atomic E-state index is 0.0735. The number of rotatable bonds is 14. The molecular formula is C36H41N3O9S. The lowest BCUT2D eigenvalue weighted by atomic mass is 10.00. The van der Waals surface area contributed by atoms with E-state index in [0.29, 0.717) is 66.3 Å². The maximum atomic E-state index is 14.3. The van der Waals surface area contributed by atoms with Gasteiger partial charge in [-0.2, -0.15) is 9.40 Å². The quantitative estimate of drug-likeness (QED) is 0.170. The van der Waals surface area contributed by atoms with Gasteiger partial charge in [0, 0.05) is 6.54 Å². The van der Waals surface area contributed by atoms with Crippen LogP contribution in [0.2, 0.25) is 0 Å². The third kappa shape index (κ3) is 8.06. The zero-order valence-corrected chi connectivity index (χ0v) is 28.8. The van der Waals surface area contributed by atoms with Crippen LogP contribution >= 0.6 is 0 Å². The molecule has 1 N–H and O–H groups in total. The van der Waals surface area contributed by atoms with Crippen molar-refractivity contribution < 1.29 is 42.1 Å². The molecule has 5 rings (SSSR count). The molecule has 0 amide bonds. The lowest BCUT2D eigenvalue weighted by molar-refractivity contribution is -0.155. The van der Waals surface area contributed by atoms with Gasteiger partial charge < -0.3 is 24.1 Å². The number of carbonyl (C=O) groups is 2. The van der Waals surface area contributed by atoms with E-state index in [1.165, 1.54) is 4.31 Å². The van der Waals surface area contributed by atoms with Gasteiger partial charge in [0.2, 0.25) is 10.0 Å². The number of aromatic nitrogens is 2. The molecule has 2 heterocycles. The number of para-hydroxylation sites is 1. The van der Waals surface area contributed by atoms with E-state index in [4.69, 9.17) is 24.1 Å². The minimum atomic E-state index is -4.15. The van der Waals surface area contributed by atoms with Crippen LogP contribution in [0.25, 0.3) is 5.69 Å². The lowest BCUT2D eigenvalue weighted by Gasteiger charge is -2.34. The van der Waals surface area contributed by atoms with E-state index in [1.54, 1.807) is 63.1 Å². The second-order valence-electron chi connectivity index (χ2n) is 11.8. The number of hydrogen-bond donors (Lipinski definition) is 1. The number of carboxylic acid groups (broad SMARTS) is 1. The van der Waals surface area contributed by atoms with Crippen LogP contribution in [0.4, 0.5) is 0 Å². The summed E-state index contributed by atoms with van der Waals surface area (Å²) in [4.78, 5) is 25.3. The molecule has 0 bridgehead atoms. The monoisotopic (exact) mass is 691 g/mol. The first-order chi connectivity index (χ1) is 23.5. The highest BCUT2D eigenvalue weighted by Gasteiger charge is 2.42. The summed E-state index contributed by atoms with van der Waals surface area (Å²) < 4.78 is 53.9. The number of carboxylic acids is 1. The Morgan fingerprint density at radius 1 is 0.959 bits per heavy atom. The van der Waals surface area contributed by atoms with Crippen molar-refractivity contribution >= 4 is 22.0 Å². The predicted molar refractivity (Wildman–Crippen MR) is 181 cm³/mol. The number of aryl methyl sites for hydroxylation is 2. The SMILES string of the molecule is COc1ccc(CC[C@@H](OC(=O)[C@@H]2CCCCN2S(=O)(=O)c2c(C)nn(-c3ccccc3)c2C)c2cccc(OCC(=O)O)c2)cc1OC. The van der Waals surface area contributed by atoms with Gasteiger partial charge in [0.1, 0.15) is 22.8 Å². The lowest BCUT2D eigenvalue weighted by Crippen LogP contribution is -2.49. The Kier molecular flexibility index (Phi) is 11.2. The molecule has 0 saturated carbocycles. The van der Waals surface area contributed by atoms with E-state index in [9.17, 15) is 18.0 Å². The Morgan fingerprint density at radius 3 is 2.43 bits per heavy atom. The van der Waals surface area contributed by atoms with Crippen LogP contribution in [0.1, 0.15) is 54.3 Å². The molecule has 260 valence electrons. The number of nitrogens with zero attached hydrogens (tertiary/aromatic N) is 3. The number of esters is 1. The molecule has 3 aromatic carbocycles. The predicted octanol–water partition coefficient (Wildman–Crippen LogP) is 5.43. The molecule has 0 aliphatic carbocycles. The van der Waals surface area contributed by atoms with Crippen LogP contribution in [0.3, 0.4) is 0 Å². The van der Waals surface area contributed by atoms with Crippen molar-refractivity contribution in [3.8, 4) is 22.9 Å². The van der Waals surface area contributed by atoms with Crippen LogP contribution in [-0.2, 0) is 30.8 Å². The van der Waals surface area contributed by atoms with E-state index in [1.807, 2.05) is 42.5 Å². The highest BCUT2D eigenvalue weighted by atomic mass is 32.2. The molecule has 13 heteroatoms. The molecule has 1 fully saturated rings. The normalized spacial score (nSPS) is 15.7. The maximum Gasteiger partial charge on any atom is 0.341 e. The van der Waals surface area contributed by atoms with E-state index < -0.39 is 40.7 Å². The molecule has 2 atom stereocenters. The first-order valence-electron chi connectivity index (χ1n) is 16.0. The first-order valence-corrected chi connectivity index (χ1v) is 17.5. The standard InChI is InChI=1S/C36H41N3O9S/c1-24-35(25(2)39(37-24)28-12-6-5-7-13-28)49(43,44)38-20-9-8-15-30(38)36(42)48-31(27-11-10-14-29(22-27)47-23-34(40)41)18-16-26-17-19-32(45-3)33(21-26)46-4/h5-7,10-14,17,19,21-22,30-31H,8-9,15-16,18,20,23H2,1-4H3,(H,40,41)/t30-,31+/m0/s1. The molecule has 12 nitrogen and oxygen atoms in total. The van der Waals surface area contributed by atoms with Crippen LogP contribution in [0.15, 0.2) is 77.7 Å². The fraction of sp³-hybridized carbons (Fsp3) is 0.361. The Labute approximate surface area is 286 Å². The third-order valence-corrected chi connectivity index (χ3v) is 10.7. The molecule has 1 aliphatic heterocycles. The fourth-order valence-corrected chi connectivity index (χ4v) is 8.17. The van der Waals surface area contributed by atoms with Gasteiger partial charge in [-0.3, -0.25) is 4.79 Å². The number of sulfonamides is 1. The zero-order chi connectivity index (χ0) is 35.1. The summed E-state index contributed by atoms with van der Waals surface area (Å²) in [5.41, 5.74) is 3.00. The Morgan fingerprint density at radius 2 is 1.71 bits per heavy atom. The summed E-state index contributed by atoms with van der Waals surface area (Å²) >= 11 is 0. The molecule has 1 saturated heterocycles. The van der Waals surface area contributed by atoms with Crippen molar-refractivity contribution in [3.63, 3.8) is 0 Å². The molecular weight excluding hydrogens is 650 g/mol. The summed E-state index contributed by atoms with van der Waals surface area (Å²) in [6.07, 6.45) is 1.56. The van der Waals surface area contributed by atoms with E-state index in [2.05, 4.69) is 5.10 Å². The summed E-state index contributed by atoms with van der Waals surface area (Å²) in [7, 11) is -1.04. The van der Waals surface area contributed by atoms with Crippen molar-refractivity contribution in [1.29, 1.82) is 0 Å². The highest BCUT2D eigenvalue weighted by molar-refractivity contribution is 7.89. The zero-order valence-electron chi connectivity index (χ0n) is 28.0. The van der Waals surface area contributed by atoms with Crippen LogP contribution < -0.4 is 14.2 Å². The van der Waals surface area contributed by atoms with Crippen LogP contribution in [0.5, 0.6) is 17.2 Å². The molecule has 1 aliphatic rings. The van der Waals surface area contributed by atoms with E-state index in [0.717, 1.165) is 11.3 Å². The summed E-state index contributed by atoms with van der Waals surface area (Å²) in [5.74, 6) is -0.350. The second-order valence-corrected chi connectivity index (χ2v) is 13.6. The maximum absolute atomic E-state index is 14.3. The largest absolute Gasteiger partial charge is 0.493 e. The second kappa shape index (κ2) is 15.6. The van der Waals surface area contributed by atoms with Crippen LogP contribution in [0, 0.1) is 13.8 Å². The van der Waals surface area contributed by atoms with Gasteiger partial charge in [0.05, 0.1) is 31.3 Å². The molecule has 49 heavy (non-hydrogen) atoms. The van der Waals surface area contributed by atoms with E-state index >= 15 is 0 Å². The Bertz CT molecular complexity index is 1890. The first kappa shape index (κ1) is 35.4. The highest BCUT2D eigenvalue weighted by Crippen LogP contribution is 2.34. The van der Waals surface area contributed by atoms with Crippen molar-refractivity contribution in [1.82, 2.24) is 14.1 Å². The van der Waals surface area contributed by atoms with Gasteiger partial charge in [-0.1, -0.05) is 36.4 Å². The number of hydrogen-bond acceptors (Lipinski definition) is 9. The van der Waals surface area contributed by atoms with E-state index in [-0.39, 0.29) is 11.4 Å². The van der Waals surface area contributed by atoms with Gasteiger partial charge in [-0.25, -0.2) is 17.9 Å².